The number of piperazine rings is 1. The Balaban J connectivity index is 1.17. The highest BCUT2D eigenvalue weighted by atomic mass is 16.5. The average Bonchev–Trinajstić information content (AvgIpc) is 2.98. The van der Waals surface area contributed by atoms with Crippen molar-refractivity contribution in [3.8, 4) is 11.5 Å². The largest absolute Gasteiger partial charge is 0.478 e. The van der Waals surface area contributed by atoms with Crippen LogP contribution in [-0.2, 0) is 16.1 Å². The van der Waals surface area contributed by atoms with Crippen molar-refractivity contribution in [3.05, 3.63) is 59.7 Å². The number of carbonyl (C=O) groups is 3. The van der Waals surface area contributed by atoms with Crippen LogP contribution in [0.5, 0.6) is 11.5 Å². The SMILES string of the molecule is CCN1C(=O)[C@@H]([C@H](O)C2CCCCC2)NC(=O)C12CCN(Cc1ccc(Oc3ccc(C(=O)O)cc3)cc1)CC2. The van der Waals surface area contributed by atoms with Crippen molar-refractivity contribution in [2.24, 2.45) is 5.92 Å². The lowest BCUT2D eigenvalue weighted by atomic mass is 9.78. The molecule has 2 atom stereocenters. The number of carbonyl (C=O) groups excluding carboxylic acids is 2. The van der Waals surface area contributed by atoms with Gasteiger partial charge in [0.15, 0.2) is 0 Å². The summed E-state index contributed by atoms with van der Waals surface area (Å²) in [5, 5.41) is 23.0. The van der Waals surface area contributed by atoms with Crippen molar-refractivity contribution in [2.45, 2.75) is 76.1 Å². The van der Waals surface area contributed by atoms with Gasteiger partial charge in [-0.25, -0.2) is 4.79 Å². The Bertz CT molecular complexity index is 1200. The number of piperidine rings is 1. The molecule has 1 spiro atoms. The van der Waals surface area contributed by atoms with Gasteiger partial charge in [-0.15, -0.1) is 0 Å². The average molecular weight is 550 g/mol. The first kappa shape index (κ1) is 28.1. The van der Waals surface area contributed by atoms with Crippen LogP contribution in [0.25, 0.3) is 0 Å². The maximum atomic E-state index is 13.5. The second kappa shape index (κ2) is 12.0. The lowest BCUT2D eigenvalue weighted by Crippen LogP contribution is -2.74. The molecule has 1 aliphatic carbocycles. The van der Waals surface area contributed by atoms with E-state index in [1.54, 1.807) is 17.0 Å². The van der Waals surface area contributed by atoms with Crippen LogP contribution in [0.4, 0.5) is 0 Å². The molecule has 3 fully saturated rings. The number of carboxylic acid groups (broad SMARTS) is 1. The molecule has 2 aromatic rings. The van der Waals surface area contributed by atoms with Crippen molar-refractivity contribution in [1.29, 1.82) is 0 Å². The van der Waals surface area contributed by atoms with Gasteiger partial charge < -0.3 is 25.2 Å². The highest BCUT2D eigenvalue weighted by molar-refractivity contribution is 6.00. The number of likely N-dealkylation sites (tertiary alicyclic amines) is 1. The van der Waals surface area contributed by atoms with Gasteiger partial charge in [0, 0.05) is 26.2 Å². The lowest BCUT2D eigenvalue weighted by Gasteiger charge is -2.52. The smallest absolute Gasteiger partial charge is 0.335 e. The quantitative estimate of drug-likeness (QED) is 0.458. The zero-order chi connectivity index (χ0) is 28.3. The molecule has 3 N–H and O–H groups in total. The van der Waals surface area contributed by atoms with Crippen LogP contribution in [0.15, 0.2) is 48.5 Å². The minimum absolute atomic E-state index is 0.0619. The predicted molar refractivity (Wildman–Crippen MR) is 149 cm³/mol. The van der Waals surface area contributed by atoms with Crippen molar-refractivity contribution >= 4 is 17.8 Å². The molecule has 2 aromatic carbocycles. The summed E-state index contributed by atoms with van der Waals surface area (Å²) in [5.74, 6) is 0.0223. The van der Waals surface area contributed by atoms with Crippen LogP contribution in [-0.4, -0.2) is 75.1 Å². The molecule has 0 bridgehead atoms. The molecule has 214 valence electrons. The summed E-state index contributed by atoms with van der Waals surface area (Å²) in [5.41, 5.74) is 0.454. The summed E-state index contributed by atoms with van der Waals surface area (Å²) in [4.78, 5) is 42.1. The molecule has 9 heteroatoms. The van der Waals surface area contributed by atoms with E-state index >= 15 is 0 Å². The molecule has 0 radical (unpaired) electrons. The minimum atomic E-state index is -0.977. The van der Waals surface area contributed by atoms with Crippen LogP contribution in [0, 0.1) is 5.92 Å². The summed E-state index contributed by atoms with van der Waals surface area (Å²) in [6, 6.07) is 13.2. The van der Waals surface area contributed by atoms with Crippen LogP contribution >= 0.6 is 0 Å². The Labute approximate surface area is 235 Å². The number of amides is 2. The van der Waals surface area contributed by atoms with E-state index in [4.69, 9.17) is 9.84 Å². The van der Waals surface area contributed by atoms with Crippen molar-refractivity contribution in [1.82, 2.24) is 15.1 Å². The number of aromatic carboxylic acids is 1. The van der Waals surface area contributed by atoms with Gasteiger partial charge in [-0.2, -0.15) is 0 Å². The number of hydrogen-bond donors (Lipinski definition) is 3. The van der Waals surface area contributed by atoms with Gasteiger partial charge in [0.05, 0.1) is 11.7 Å². The number of hydrogen-bond acceptors (Lipinski definition) is 6. The first-order valence-electron chi connectivity index (χ1n) is 14.4. The van der Waals surface area contributed by atoms with Crippen LogP contribution in [0.3, 0.4) is 0 Å². The van der Waals surface area contributed by atoms with Gasteiger partial charge in [-0.1, -0.05) is 31.4 Å². The molecule has 2 amide bonds. The standard InChI is InChI=1S/C31H39N3O6/c1-2-34-28(36)26(27(35)22-6-4-3-5-7-22)32-30(39)31(34)16-18-33(19-17-31)20-21-8-12-24(13-9-21)40-25-14-10-23(11-15-25)29(37)38/h8-15,22,26-27,35H,2-7,16-20H2,1H3,(H,32,39)(H,37,38)/t26-,27-/m1/s1. The number of nitrogens with one attached hydrogen (secondary N) is 1. The number of carboxylic acids is 1. The van der Waals surface area contributed by atoms with E-state index in [9.17, 15) is 19.5 Å². The van der Waals surface area contributed by atoms with Crippen LogP contribution < -0.4 is 10.1 Å². The van der Waals surface area contributed by atoms with Gasteiger partial charge in [-0.05, 0) is 80.5 Å². The first-order chi connectivity index (χ1) is 19.3. The fourth-order valence-electron chi connectivity index (χ4n) is 6.58. The number of rotatable bonds is 8. The molecule has 2 heterocycles. The Kier molecular flexibility index (Phi) is 8.42. The van der Waals surface area contributed by atoms with Crippen LogP contribution in [0.2, 0.25) is 0 Å². The van der Waals surface area contributed by atoms with E-state index in [-0.39, 0.29) is 23.3 Å². The number of nitrogens with zero attached hydrogens (tertiary/aromatic N) is 2. The number of ether oxygens (including phenoxy) is 1. The fourth-order valence-corrected chi connectivity index (χ4v) is 6.58. The number of aliphatic hydroxyl groups is 1. The Morgan fingerprint density at radius 3 is 2.17 bits per heavy atom. The molecule has 0 unspecified atom stereocenters. The zero-order valence-electron chi connectivity index (χ0n) is 23.1. The molecule has 2 saturated heterocycles. The number of benzene rings is 2. The number of aliphatic hydroxyl groups excluding tert-OH is 1. The predicted octanol–water partition coefficient (Wildman–Crippen LogP) is 3.80. The first-order valence-corrected chi connectivity index (χ1v) is 14.4. The Morgan fingerprint density at radius 2 is 1.60 bits per heavy atom. The third kappa shape index (κ3) is 5.71. The minimum Gasteiger partial charge on any atom is -0.478 e. The van der Waals surface area contributed by atoms with Gasteiger partial charge >= 0.3 is 5.97 Å². The molecule has 0 aromatic heterocycles. The fraction of sp³-hybridized carbons (Fsp3) is 0.516. The van der Waals surface area contributed by atoms with Gasteiger partial charge in [0.2, 0.25) is 11.8 Å². The van der Waals surface area contributed by atoms with E-state index in [1.807, 2.05) is 31.2 Å². The lowest BCUT2D eigenvalue weighted by molar-refractivity contribution is -0.165. The highest BCUT2D eigenvalue weighted by Gasteiger charge is 2.54. The molecule has 2 aliphatic heterocycles. The van der Waals surface area contributed by atoms with Crippen LogP contribution in [0.1, 0.15) is 67.8 Å². The van der Waals surface area contributed by atoms with Crippen molar-refractivity contribution in [2.75, 3.05) is 19.6 Å². The molecule has 9 nitrogen and oxygen atoms in total. The summed E-state index contributed by atoms with van der Waals surface area (Å²) in [6.07, 6.45) is 5.37. The summed E-state index contributed by atoms with van der Waals surface area (Å²) in [7, 11) is 0. The third-order valence-electron chi connectivity index (χ3n) is 8.90. The van der Waals surface area contributed by atoms with E-state index in [2.05, 4.69) is 10.2 Å². The van der Waals surface area contributed by atoms with E-state index in [0.717, 1.165) is 37.7 Å². The summed E-state index contributed by atoms with van der Waals surface area (Å²) >= 11 is 0. The topological polar surface area (TPSA) is 119 Å². The third-order valence-corrected chi connectivity index (χ3v) is 8.90. The van der Waals surface area contributed by atoms with Crippen molar-refractivity contribution in [3.63, 3.8) is 0 Å². The van der Waals surface area contributed by atoms with Gasteiger partial charge in [0.1, 0.15) is 23.1 Å². The van der Waals surface area contributed by atoms with E-state index in [0.29, 0.717) is 50.5 Å². The highest BCUT2D eigenvalue weighted by Crippen LogP contribution is 2.36. The normalized spacial score (nSPS) is 22.6. The molecular weight excluding hydrogens is 510 g/mol. The van der Waals surface area contributed by atoms with Gasteiger partial charge in [0.25, 0.3) is 0 Å². The molecule has 40 heavy (non-hydrogen) atoms. The molecule has 1 saturated carbocycles. The molecule has 3 aliphatic rings. The maximum absolute atomic E-state index is 13.5. The summed E-state index contributed by atoms with van der Waals surface area (Å²) in [6.45, 7) is 4.44. The maximum Gasteiger partial charge on any atom is 0.335 e. The second-order valence-electron chi connectivity index (χ2n) is 11.3. The van der Waals surface area contributed by atoms with E-state index in [1.165, 1.54) is 12.1 Å². The second-order valence-corrected chi connectivity index (χ2v) is 11.3. The summed E-state index contributed by atoms with van der Waals surface area (Å²) < 4.78 is 5.84. The number of likely N-dealkylation sites (N-methyl/N-ethyl adjacent to an activating group) is 1. The monoisotopic (exact) mass is 549 g/mol. The van der Waals surface area contributed by atoms with Gasteiger partial charge in [-0.3, -0.25) is 14.5 Å². The Morgan fingerprint density at radius 1 is 1.00 bits per heavy atom. The zero-order valence-corrected chi connectivity index (χ0v) is 23.1. The van der Waals surface area contributed by atoms with E-state index < -0.39 is 23.7 Å². The molecule has 5 rings (SSSR count). The van der Waals surface area contributed by atoms with Crippen molar-refractivity contribution < 1.29 is 29.3 Å². The molecular formula is C31H39N3O6. The Hall–Kier alpha value is -3.43.